The summed E-state index contributed by atoms with van der Waals surface area (Å²) in [5.74, 6) is 1.14. The molecule has 0 aliphatic carbocycles. The Morgan fingerprint density at radius 1 is 1.36 bits per heavy atom. The number of anilines is 1. The molecule has 2 heterocycles. The van der Waals surface area contributed by atoms with E-state index in [0.717, 1.165) is 16.3 Å². The maximum atomic E-state index is 12.4. The Morgan fingerprint density at radius 3 is 2.95 bits per heavy atom. The van der Waals surface area contributed by atoms with Crippen LogP contribution >= 0.6 is 23.1 Å². The Hall–Kier alpha value is -2.12. The fraction of sp³-hybridized carbons (Fsp3) is 0.133. The lowest BCUT2D eigenvalue weighted by atomic mass is 10.2. The SMILES string of the molecule is Cn1ccc(NC(=O)c2ccccc2SCc2cscn2)n1. The van der Waals surface area contributed by atoms with E-state index in [1.165, 1.54) is 0 Å². The van der Waals surface area contributed by atoms with Crippen LogP contribution in [0.4, 0.5) is 5.82 Å². The zero-order valence-corrected chi connectivity index (χ0v) is 13.5. The first-order valence-corrected chi connectivity index (χ1v) is 8.55. The van der Waals surface area contributed by atoms with Crippen LogP contribution in [0.1, 0.15) is 16.1 Å². The number of carbonyl (C=O) groups excluding carboxylic acids is 1. The molecule has 3 rings (SSSR count). The third-order valence-corrected chi connectivity index (χ3v) is 4.69. The number of aromatic nitrogens is 3. The molecule has 5 nitrogen and oxygen atoms in total. The van der Waals surface area contributed by atoms with Gasteiger partial charge >= 0.3 is 0 Å². The van der Waals surface area contributed by atoms with Gasteiger partial charge in [0, 0.05) is 35.3 Å². The molecule has 2 aromatic heterocycles. The molecule has 0 saturated carbocycles. The lowest BCUT2D eigenvalue weighted by molar-refractivity contribution is 0.102. The van der Waals surface area contributed by atoms with Crippen molar-refractivity contribution in [3.05, 3.63) is 58.7 Å². The molecule has 1 amide bonds. The Bertz CT molecular complexity index is 767. The Labute approximate surface area is 136 Å². The van der Waals surface area contributed by atoms with Crippen molar-refractivity contribution in [3.63, 3.8) is 0 Å². The van der Waals surface area contributed by atoms with E-state index in [1.54, 1.807) is 40.0 Å². The number of hydrogen-bond donors (Lipinski definition) is 1. The first kappa shape index (κ1) is 14.8. The van der Waals surface area contributed by atoms with Crippen LogP contribution in [0.3, 0.4) is 0 Å². The van der Waals surface area contributed by atoms with Crippen molar-refractivity contribution in [1.82, 2.24) is 14.8 Å². The number of benzene rings is 1. The smallest absolute Gasteiger partial charge is 0.257 e. The van der Waals surface area contributed by atoms with Crippen LogP contribution in [0, 0.1) is 0 Å². The van der Waals surface area contributed by atoms with Gasteiger partial charge in [-0.3, -0.25) is 9.48 Å². The van der Waals surface area contributed by atoms with Gasteiger partial charge in [0.15, 0.2) is 5.82 Å². The van der Waals surface area contributed by atoms with Gasteiger partial charge in [-0.25, -0.2) is 4.98 Å². The molecule has 0 bridgehead atoms. The molecule has 7 heteroatoms. The van der Waals surface area contributed by atoms with Crippen molar-refractivity contribution in [2.75, 3.05) is 5.32 Å². The number of thioether (sulfide) groups is 1. The van der Waals surface area contributed by atoms with Crippen molar-refractivity contribution in [1.29, 1.82) is 0 Å². The van der Waals surface area contributed by atoms with E-state index < -0.39 is 0 Å². The number of carbonyl (C=O) groups is 1. The van der Waals surface area contributed by atoms with E-state index in [9.17, 15) is 4.79 Å². The highest BCUT2D eigenvalue weighted by Crippen LogP contribution is 2.26. The predicted molar refractivity (Wildman–Crippen MR) is 89.3 cm³/mol. The zero-order chi connectivity index (χ0) is 15.4. The third-order valence-electron chi connectivity index (χ3n) is 2.95. The standard InChI is InChI=1S/C15H14N4OS2/c1-19-7-6-14(18-19)17-15(20)12-4-2-3-5-13(12)22-9-11-8-21-10-16-11/h2-8,10H,9H2,1H3,(H,17,18,20). The summed E-state index contributed by atoms with van der Waals surface area (Å²) in [6, 6.07) is 9.33. The summed E-state index contributed by atoms with van der Waals surface area (Å²) in [6.45, 7) is 0. The quantitative estimate of drug-likeness (QED) is 0.728. The van der Waals surface area contributed by atoms with Crippen molar-refractivity contribution < 1.29 is 4.79 Å². The number of aryl methyl sites for hydroxylation is 1. The van der Waals surface area contributed by atoms with Gasteiger partial charge in [0.2, 0.25) is 0 Å². The van der Waals surface area contributed by atoms with Gasteiger partial charge < -0.3 is 5.32 Å². The minimum Gasteiger partial charge on any atom is -0.305 e. The number of nitrogens with one attached hydrogen (secondary N) is 1. The van der Waals surface area contributed by atoms with E-state index in [2.05, 4.69) is 15.4 Å². The highest BCUT2D eigenvalue weighted by Gasteiger charge is 2.13. The van der Waals surface area contributed by atoms with Crippen LogP contribution in [0.5, 0.6) is 0 Å². The maximum absolute atomic E-state index is 12.4. The van der Waals surface area contributed by atoms with Crippen molar-refractivity contribution in [2.24, 2.45) is 7.05 Å². The van der Waals surface area contributed by atoms with Crippen LogP contribution < -0.4 is 5.32 Å². The molecular formula is C15H14N4OS2. The summed E-state index contributed by atoms with van der Waals surface area (Å²) in [6.07, 6.45) is 1.79. The second-order valence-corrected chi connectivity index (χ2v) is 6.33. The van der Waals surface area contributed by atoms with Gasteiger partial charge in [-0.15, -0.1) is 23.1 Å². The summed E-state index contributed by atoms with van der Waals surface area (Å²) in [7, 11) is 1.81. The van der Waals surface area contributed by atoms with E-state index in [-0.39, 0.29) is 5.91 Å². The molecule has 1 aromatic carbocycles. The number of nitrogens with zero attached hydrogens (tertiary/aromatic N) is 3. The molecular weight excluding hydrogens is 316 g/mol. The molecule has 0 aliphatic heterocycles. The van der Waals surface area contributed by atoms with Gasteiger partial charge in [0.1, 0.15) is 0 Å². The van der Waals surface area contributed by atoms with Gasteiger partial charge in [-0.1, -0.05) is 12.1 Å². The fourth-order valence-electron chi connectivity index (χ4n) is 1.91. The zero-order valence-electron chi connectivity index (χ0n) is 11.9. The minimum absolute atomic E-state index is 0.153. The highest BCUT2D eigenvalue weighted by atomic mass is 32.2. The average Bonchev–Trinajstić information content (AvgIpc) is 3.17. The topological polar surface area (TPSA) is 59.8 Å². The molecule has 0 saturated heterocycles. The van der Waals surface area contributed by atoms with E-state index in [0.29, 0.717) is 11.4 Å². The molecule has 0 spiro atoms. The maximum Gasteiger partial charge on any atom is 0.257 e. The monoisotopic (exact) mass is 330 g/mol. The molecule has 112 valence electrons. The van der Waals surface area contributed by atoms with Crippen LogP contribution in [0.25, 0.3) is 0 Å². The van der Waals surface area contributed by atoms with E-state index in [4.69, 9.17) is 0 Å². The molecule has 0 fully saturated rings. The Kier molecular flexibility index (Phi) is 4.55. The average molecular weight is 330 g/mol. The van der Waals surface area contributed by atoms with Gasteiger partial charge in [-0.2, -0.15) is 5.10 Å². The van der Waals surface area contributed by atoms with Crippen LogP contribution in [-0.2, 0) is 12.8 Å². The van der Waals surface area contributed by atoms with Gasteiger partial charge in [0.25, 0.3) is 5.91 Å². The molecule has 1 N–H and O–H groups in total. The number of rotatable bonds is 5. The van der Waals surface area contributed by atoms with Crippen molar-refractivity contribution in [3.8, 4) is 0 Å². The normalized spacial score (nSPS) is 10.6. The second-order valence-electron chi connectivity index (χ2n) is 4.59. The lowest BCUT2D eigenvalue weighted by Gasteiger charge is -2.08. The second kappa shape index (κ2) is 6.76. The van der Waals surface area contributed by atoms with Crippen LogP contribution in [0.15, 0.2) is 52.3 Å². The molecule has 0 unspecified atom stereocenters. The largest absolute Gasteiger partial charge is 0.305 e. The van der Waals surface area contributed by atoms with Crippen LogP contribution in [0.2, 0.25) is 0 Å². The van der Waals surface area contributed by atoms with Gasteiger partial charge in [0.05, 0.1) is 16.8 Å². The fourth-order valence-corrected chi connectivity index (χ4v) is 3.52. The number of hydrogen-bond acceptors (Lipinski definition) is 5. The van der Waals surface area contributed by atoms with Gasteiger partial charge in [-0.05, 0) is 12.1 Å². The summed E-state index contributed by atoms with van der Waals surface area (Å²) in [5.41, 5.74) is 3.48. The van der Waals surface area contributed by atoms with Crippen molar-refractivity contribution in [2.45, 2.75) is 10.6 Å². The molecule has 0 atom stereocenters. The summed E-state index contributed by atoms with van der Waals surface area (Å²) < 4.78 is 1.65. The molecule has 0 radical (unpaired) electrons. The summed E-state index contributed by atoms with van der Waals surface area (Å²) in [4.78, 5) is 17.6. The first-order valence-electron chi connectivity index (χ1n) is 6.62. The summed E-state index contributed by atoms with van der Waals surface area (Å²) >= 11 is 3.18. The predicted octanol–water partition coefficient (Wildman–Crippen LogP) is 3.42. The van der Waals surface area contributed by atoms with E-state index in [1.807, 2.05) is 42.2 Å². The minimum atomic E-state index is -0.153. The first-order chi connectivity index (χ1) is 10.7. The highest BCUT2D eigenvalue weighted by molar-refractivity contribution is 7.98. The third kappa shape index (κ3) is 3.55. The van der Waals surface area contributed by atoms with E-state index >= 15 is 0 Å². The Morgan fingerprint density at radius 2 is 2.23 bits per heavy atom. The molecule has 3 aromatic rings. The number of thiazole rings is 1. The number of amides is 1. The van der Waals surface area contributed by atoms with Crippen LogP contribution in [-0.4, -0.2) is 20.7 Å². The lowest BCUT2D eigenvalue weighted by Crippen LogP contribution is -2.13. The Balaban J connectivity index is 1.73. The summed E-state index contributed by atoms with van der Waals surface area (Å²) in [5, 5.41) is 8.99. The van der Waals surface area contributed by atoms with Crippen molar-refractivity contribution >= 4 is 34.8 Å². The molecule has 22 heavy (non-hydrogen) atoms. The molecule has 0 aliphatic rings.